The Balaban J connectivity index is 1.79. The average Bonchev–Trinajstić information content (AvgIpc) is 2.36. The molecule has 122 valence electrons. The summed E-state index contributed by atoms with van der Waals surface area (Å²) in [6, 6.07) is 1.53. The first-order valence-corrected chi connectivity index (χ1v) is 8.74. The number of carbonyl (C=O) groups is 1. The summed E-state index contributed by atoms with van der Waals surface area (Å²) in [5.74, 6) is 1.71. The monoisotopic (exact) mass is 295 g/mol. The van der Waals surface area contributed by atoms with Crippen molar-refractivity contribution in [3.8, 4) is 0 Å². The highest BCUT2D eigenvalue weighted by Gasteiger charge is 2.39. The van der Waals surface area contributed by atoms with Crippen molar-refractivity contribution in [2.45, 2.75) is 71.5 Å². The van der Waals surface area contributed by atoms with Crippen molar-refractivity contribution in [3.63, 3.8) is 0 Å². The molecule has 2 N–H and O–H groups in total. The highest BCUT2D eigenvalue weighted by molar-refractivity contribution is 5.76. The smallest absolute Gasteiger partial charge is 0.221 e. The fourth-order valence-electron chi connectivity index (χ4n) is 3.97. The summed E-state index contributed by atoms with van der Waals surface area (Å²) < 4.78 is 0. The van der Waals surface area contributed by atoms with Gasteiger partial charge >= 0.3 is 0 Å². The second kappa shape index (κ2) is 7.59. The lowest BCUT2D eigenvalue weighted by atomic mass is 9.73. The van der Waals surface area contributed by atoms with Crippen LogP contribution >= 0.6 is 0 Å². The van der Waals surface area contributed by atoms with Gasteiger partial charge in [-0.25, -0.2) is 0 Å². The summed E-state index contributed by atoms with van der Waals surface area (Å²) in [4.78, 5) is 14.4. The van der Waals surface area contributed by atoms with Crippen LogP contribution in [0.15, 0.2) is 0 Å². The molecule has 0 spiro atoms. The van der Waals surface area contributed by atoms with E-state index in [0.29, 0.717) is 18.5 Å². The number of likely N-dealkylation sites (tertiary alicyclic amines) is 1. The molecule has 4 nitrogen and oxygen atoms in total. The Hall–Kier alpha value is -0.610. The number of fused-ring (bicyclic) bond motifs is 2. The number of rotatable bonds is 6. The number of piperidine rings is 1. The molecule has 4 heteroatoms. The van der Waals surface area contributed by atoms with Crippen LogP contribution in [0, 0.1) is 11.8 Å². The molecular formula is C17H33N3O. The topological polar surface area (TPSA) is 44.4 Å². The van der Waals surface area contributed by atoms with Crippen LogP contribution in [0.3, 0.4) is 0 Å². The molecule has 2 unspecified atom stereocenters. The molecule has 0 aromatic carbocycles. The van der Waals surface area contributed by atoms with Crippen molar-refractivity contribution in [2.75, 3.05) is 19.6 Å². The van der Waals surface area contributed by atoms with Crippen LogP contribution in [0.1, 0.15) is 53.4 Å². The van der Waals surface area contributed by atoms with Crippen molar-refractivity contribution in [2.24, 2.45) is 11.8 Å². The van der Waals surface area contributed by atoms with Gasteiger partial charge < -0.3 is 15.5 Å². The van der Waals surface area contributed by atoms with Crippen molar-refractivity contribution < 1.29 is 4.79 Å². The van der Waals surface area contributed by atoms with Crippen LogP contribution in [0.25, 0.3) is 0 Å². The predicted octanol–water partition coefficient (Wildman–Crippen LogP) is 2.00. The molecule has 2 bridgehead atoms. The van der Waals surface area contributed by atoms with E-state index in [1.807, 2.05) is 13.8 Å². The first-order chi connectivity index (χ1) is 9.97. The van der Waals surface area contributed by atoms with Gasteiger partial charge in [-0.2, -0.15) is 0 Å². The first kappa shape index (κ1) is 16.8. The largest absolute Gasteiger partial charge is 0.354 e. The Morgan fingerprint density at radius 2 is 1.76 bits per heavy atom. The third kappa shape index (κ3) is 4.68. The third-order valence-corrected chi connectivity index (χ3v) is 5.02. The van der Waals surface area contributed by atoms with Gasteiger partial charge in [0.05, 0.1) is 0 Å². The Morgan fingerprint density at radius 1 is 1.14 bits per heavy atom. The normalized spacial score (nSPS) is 29.9. The summed E-state index contributed by atoms with van der Waals surface area (Å²) >= 11 is 0. The second-order valence-electron chi connectivity index (χ2n) is 7.45. The van der Waals surface area contributed by atoms with Crippen LogP contribution in [-0.4, -0.2) is 48.6 Å². The molecule has 1 saturated heterocycles. The molecule has 2 atom stereocenters. The summed E-state index contributed by atoms with van der Waals surface area (Å²) in [6.45, 7) is 11.9. The zero-order chi connectivity index (χ0) is 15.4. The van der Waals surface area contributed by atoms with Gasteiger partial charge in [0.2, 0.25) is 5.91 Å². The zero-order valence-corrected chi connectivity index (χ0v) is 14.2. The molecule has 1 aliphatic carbocycles. The predicted molar refractivity (Wildman–Crippen MR) is 87.2 cm³/mol. The van der Waals surface area contributed by atoms with Gasteiger partial charge in [0.25, 0.3) is 0 Å². The van der Waals surface area contributed by atoms with E-state index in [0.717, 1.165) is 18.4 Å². The maximum atomic E-state index is 11.7. The zero-order valence-electron chi connectivity index (χ0n) is 14.2. The summed E-state index contributed by atoms with van der Waals surface area (Å²) in [5.41, 5.74) is 0. The Kier molecular flexibility index (Phi) is 6.06. The third-order valence-electron chi connectivity index (χ3n) is 5.02. The number of nitrogens with zero attached hydrogens (tertiary/aromatic N) is 1. The molecule has 2 fully saturated rings. The van der Waals surface area contributed by atoms with Crippen molar-refractivity contribution in [1.82, 2.24) is 15.5 Å². The van der Waals surface area contributed by atoms with E-state index in [4.69, 9.17) is 0 Å². The number of amides is 1. The lowest BCUT2D eigenvalue weighted by molar-refractivity contribution is -0.121. The maximum absolute atomic E-state index is 11.7. The van der Waals surface area contributed by atoms with Crippen LogP contribution < -0.4 is 10.6 Å². The minimum absolute atomic E-state index is 0.169. The van der Waals surface area contributed by atoms with Crippen LogP contribution in [-0.2, 0) is 4.79 Å². The van der Waals surface area contributed by atoms with Gasteiger partial charge in [-0.1, -0.05) is 6.42 Å². The molecule has 1 heterocycles. The van der Waals surface area contributed by atoms with Gasteiger partial charge in [0.15, 0.2) is 0 Å². The van der Waals surface area contributed by atoms with Gasteiger partial charge in [-0.3, -0.25) is 4.79 Å². The average molecular weight is 295 g/mol. The van der Waals surface area contributed by atoms with Gasteiger partial charge in [-0.05, 0) is 52.4 Å². The SMILES string of the molecule is CC(C)NC(=O)CCNC1C2CCCC1CN(C(C)C)C2. The van der Waals surface area contributed by atoms with E-state index in [2.05, 4.69) is 29.4 Å². The Labute approximate surface area is 130 Å². The van der Waals surface area contributed by atoms with E-state index in [9.17, 15) is 4.79 Å². The Bertz CT molecular complexity index is 329. The van der Waals surface area contributed by atoms with Gasteiger partial charge in [0.1, 0.15) is 0 Å². The van der Waals surface area contributed by atoms with E-state index in [1.165, 1.54) is 32.4 Å². The summed E-state index contributed by atoms with van der Waals surface area (Å²) in [5, 5.41) is 6.67. The van der Waals surface area contributed by atoms with Crippen LogP contribution in [0.5, 0.6) is 0 Å². The van der Waals surface area contributed by atoms with E-state index < -0.39 is 0 Å². The molecule has 2 rings (SSSR count). The van der Waals surface area contributed by atoms with Crippen molar-refractivity contribution >= 4 is 5.91 Å². The van der Waals surface area contributed by atoms with Crippen LogP contribution in [0.2, 0.25) is 0 Å². The number of nitrogens with one attached hydrogen (secondary N) is 2. The highest BCUT2D eigenvalue weighted by Crippen LogP contribution is 2.35. The van der Waals surface area contributed by atoms with Crippen molar-refractivity contribution in [1.29, 1.82) is 0 Å². The van der Waals surface area contributed by atoms with Gasteiger partial charge in [0, 0.05) is 44.2 Å². The van der Waals surface area contributed by atoms with Gasteiger partial charge in [-0.15, -0.1) is 0 Å². The first-order valence-electron chi connectivity index (χ1n) is 8.74. The molecule has 1 amide bonds. The van der Waals surface area contributed by atoms with E-state index in [-0.39, 0.29) is 11.9 Å². The molecule has 0 aromatic rings. The fourth-order valence-corrected chi connectivity index (χ4v) is 3.97. The number of carbonyl (C=O) groups excluding carboxylic acids is 1. The summed E-state index contributed by atoms with van der Waals surface area (Å²) in [6.07, 6.45) is 4.67. The molecular weight excluding hydrogens is 262 g/mol. The maximum Gasteiger partial charge on any atom is 0.221 e. The Morgan fingerprint density at radius 3 is 2.29 bits per heavy atom. The van der Waals surface area contributed by atoms with E-state index in [1.54, 1.807) is 0 Å². The van der Waals surface area contributed by atoms with E-state index >= 15 is 0 Å². The minimum Gasteiger partial charge on any atom is -0.354 e. The molecule has 2 aliphatic rings. The molecule has 0 radical (unpaired) electrons. The number of hydrogen-bond acceptors (Lipinski definition) is 3. The quantitative estimate of drug-likeness (QED) is 0.788. The minimum atomic E-state index is 0.169. The standard InChI is InChI=1S/C17H33N3O/c1-12(2)19-16(21)8-9-18-17-14-6-5-7-15(17)11-20(10-14)13(3)4/h12-15,17-18H,5-11H2,1-4H3,(H,19,21). The second-order valence-corrected chi connectivity index (χ2v) is 7.45. The lowest BCUT2D eigenvalue weighted by Gasteiger charge is -2.49. The van der Waals surface area contributed by atoms with Crippen molar-refractivity contribution in [3.05, 3.63) is 0 Å². The highest BCUT2D eigenvalue weighted by atomic mass is 16.1. The fraction of sp³-hybridized carbons (Fsp3) is 0.941. The summed E-state index contributed by atoms with van der Waals surface area (Å²) in [7, 11) is 0. The van der Waals surface area contributed by atoms with Crippen LogP contribution in [0.4, 0.5) is 0 Å². The molecule has 1 aliphatic heterocycles. The lowest BCUT2D eigenvalue weighted by Crippen LogP contribution is -2.58. The molecule has 0 aromatic heterocycles. The molecule has 1 saturated carbocycles. The number of hydrogen-bond donors (Lipinski definition) is 2. The molecule has 21 heavy (non-hydrogen) atoms.